The lowest BCUT2D eigenvalue weighted by atomic mass is 10.1. The van der Waals surface area contributed by atoms with Gasteiger partial charge >= 0.3 is 0 Å². The molecular formula is C19H18ClN3O. The van der Waals surface area contributed by atoms with Gasteiger partial charge in [0.1, 0.15) is 5.02 Å². The summed E-state index contributed by atoms with van der Waals surface area (Å²) in [5, 5.41) is 7.56. The van der Waals surface area contributed by atoms with Gasteiger partial charge in [0.15, 0.2) is 0 Å². The van der Waals surface area contributed by atoms with Gasteiger partial charge in [-0.05, 0) is 36.6 Å². The van der Waals surface area contributed by atoms with Crippen LogP contribution < -0.4 is 10.9 Å². The quantitative estimate of drug-likeness (QED) is 0.768. The Bertz CT molecular complexity index is 891. The van der Waals surface area contributed by atoms with E-state index in [4.69, 9.17) is 11.6 Å². The lowest BCUT2D eigenvalue weighted by molar-refractivity contribution is 0.806. The number of anilines is 1. The second-order valence-electron chi connectivity index (χ2n) is 5.53. The van der Waals surface area contributed by atoms with Crippen LogP contribution in [0.15, 0.2) is 65.6 Å². The monoisotopic (exact) mass is 339 g/mol. The summed E-state index contributed by atoms with van der Waals surface area (Å²) in [6, 6.07) is 17.5. The molecule has 4 nitrogen and oxygen atoms in total. The number of benzene rings is 2. The van der Waals surface area contributed by atoms with Crippen molar-refractivity contribution in [2.24, 2.45) is 0 Å². The van der Waals surface area contributed by atoms with Crippen molar-refractivity contribution in [2.45, 2.75) is 13.3 Å². The summed E-state index contributed by atoms with van der Waals surface area (Å²) >= 11 is 6.23. The van der Waals surface area contributed by atoms with Crippen LogP contribution in [0, 0.1) is 6.92 Å². The number of nitrogens with one attached hydrogen (secondary N) is 1. The van der Waals surface area contributed by atoms with E-state index in [1.165, 1.54) is 15.8 Å². The second kappa shape index (κ2) is 7.32. The molecule has 0 radical (unpaired) electrons. The molecule has 0 aliphatic carbocycles. The van der Waals surface area contributed by atoms with Crippen LogP contribution in [-0.2, 0) is 6.42 Å². The summed E-state index contributed by atoms with van der Waals surface area (Å²) in [7, 11) is 0. The van der Waals surface area contributed by atoms with Crippen LogP contribution in [0.2, 0.25) is 5.02 Å². The molecule has 0 spiro atoms. The molecule has 0 fully saturated rings. The van der Waals surface area contributed by atoms with Crippen molar-refractivity contribution in [1.29, 1.82) is 0 Å². The number of halogens is 1. The Kier molecular flexibility index (Phi) is 4.96. The first-order valence-electron chi connectivity index (χ1n) is 7.78. The molecule has 3 rings (SSSR count). The molecular weight excluding hydrogens is 322 g/mol. The van der Waals surface area contributed by atoms with Crippen molar-refractivity contribution in [3.05, 3.63) is 87.3 Å². The summed E-state index contributed by atoms with van der Waals surface area (Å²) < 4.78 is 1.30. The zero-order valence-electron chi connectivity index (χ0n) is 13.4. The summed E-state index contributed by atoms with van der Waals surface area (Å²) in [4.78, 5) is 12.4. The highest BCUT2D eigenvalue weighted by Gasteiger charge is 2.10. The van der Waals surface area contributed by atoms with Crippen molar-refractivity contribution >= 4 is 17.3 Å². The minimum Gasteiger partial charge on any atom is -0.382 e. The second-order valence-corrected chi connectivity index (χ2v) is 5.91. The highest BCUT2D eigenvalue weighted by atomic mass is 35.5. The Labute approximate surface area is 145 Å². The van der Waals surface area contributed by atoms with E-state index in [1.54, 1.807) is 6.20 Å². The largest absolute Gasteiger partial charge is 0.382 e. The first-order valence-corrected chi connectivity index (χ1v) is 8.16. The van der Waals surface area contributed by atoms with Gasteiger partial charge in [-0.3, -0.25) is 4.79 Å². The maximum Gasteiger partial charge on any atom is 0.292 e. The number of nitrogens with zero attached hydrogens (tertiary/aromatic N) is 2. The van der Waals surface area contributed by atoms with Gasteiger partial charge in [-0.25, -0.2) is 0 Å². The van der Waals surface area contributed by atoms with E-state index in [2.05, 4.69) is 29.5 Å². The number of hydrogen-bond donors (Lipinski definition) is 1. The van der Waals surface area contributed by atoms with E-state index in [0.717, 1.165) is 6.42 Å². The van der Waals surface area contributed by atoms with Crippen molar-refractivity contribution in [3.63, 3.8) is 0 Å². The van der Waals surface area contributed by atoms with Gasteiger partial charge in [-0.15, -0.1) is 0 Å². The number of aryl methyl sites for hydroxylation is 1. The Morgan fingerprint density at radius 1 is 1.08 bits per heavy atom. The van der Waals surface area contributed by atoms with Crippen LogP contribution in [0.5, 0.6) is 0 Å². The number of para-hydroxylation sites is 1. The fourth-order valence-electron chi connectivity index (χ4n) is 2.53. The minimum atomic E-state index is -0.330. The van der Waals surface area contributed by atoms with Gasteiger partial charge in [-0.1, -0.05) is 54.1 Å². The average Bonchev–Trinajstić information content (AvgIpc) is 2.61. The summed E-state index contributed by atoms with van der Waals surface area (Å²) in [5.74, 6) is 0. The third-order valence-corrected chi connectivity index (χ3v) is 4.26. The standard InChI is InChI=1S/C19H18ClN3O/c1-14-7-5-6-8-15(14)11-12-21-17-13-22-23(19(24)18(17)20)16-9-3-2-4-10-16/h2-10,13,21H,11-12H2,1H3. The van der Waals surface area contributed by atoms with Gasteiger partial charge in [0.05, 0.1) is 17.6 Å². The Balaban J connectivity index is 1.75. The topological polar surface area (TPSA) is 46.9 Å². The maximum absolute atomic E-state index is 12.4. The predicted octanol–water partition coefficient (Wildman–Crippen LogP) is 3.85. The van der Waals surface area contributed by atoms with E-state index in [1.807, 2.05) is 42.5 Å². The summed E-state index contributed by atoms with van der Waals surface area (Å²) in [5.41, 5.74) is 3.44. The summed E-state index contributed by atoms with van der Waals surface area (Å²) in [6.07, 6.45) is 2.44. The number of rotatable bonds is 5. The van der Waals surface area contributed by atoms with Gasteiger partial charge in [0.25, 0.3) is 5.56 Å². The van der Waals surface area contributed by atoms with E-state index < -0.39 is 0 Å². The minimum absolute atomic E-state index is 0.152. The molecule has 1 heterocycles. The van der Waals surface area contributed by atoms with E-state index in [9.17, 15) is 4.79 Å². The molecule has 1 N–H and O–H groups in total. The first kappa shape index (κ1) is 16.3. The Morgan fingerprint density at radius 2 is 1.79 bits per heavy atom. The van der Waals surface area contributed by atoms with E-state index in [0.29, 0.717) is 17.9 Å². The van der Waals surface area contributed by atoms with E-state index >= 15 is 0 Å². The van der Waals surface area contributed by atoms with Crippen molar-refractivity contribution < 1.29 is 0 Å². The molecule has 3 aromatic rings. The smallest absolute Gasteiger partial charge is 0.292 e. The highest BCUT2D eigenvalue weighted by molar-refractivity contribution is 6.32. The molecule has 122 valence electrons. The fraction of sp³-hybridized carbons (Fsp3) is 0.158. The molecule has 0 bridgehead atoms. The molecule has 0 unspecified atom stereocenters. The molecule has 5 heteroatoms. The SMILES string of the molecule is Cc1ccccc1CCNc1cnn(-c2ccccc2)c(=O)c1Cl. The number of hydrogen-bond acceptors (Lipinski definition) is 3. The lowest BCUT2D eigenvalue weighted by Crippen LogP contribution is -2.23. The molecule has 0 saturated heterocycles. The predicted molar refractivity (Wildman–Crippen MR) is 98.2 cm³/mol. The molecule has 24 heavy (non-hydrogen) atoms. The average molecular weight is 340 g/mol. The Hall–Kier alpha value is -2.59. The van der Waals surface area contributed by atoms with E-state index in [-0.39, 0.29) is 10.6 Å². The van der Waals surface area contributed by atoms with Crippen molar-refractivity contribution in [1.82, 2.24) is 9.78 Å². The zero-order valence-corrected chi connectivity index (χ0v) is 14.1. The molecule has 0 aliphatic heterocycles. The van der Waals surface area contributed by atoms with Gasteiger partial charge in [-0.2, -0.15) is 9.78 Å². The third-order valence-electron chi connectivity index (χ3n) is 3.89. The van der Waals surface area contributed by atoms with Crippen molar-refractivity contribution in [3.8, 4) is 5.69 Å². The molecule has 0 saturated carbocycles. The van der Waals surface area contributed by atoms with Crippen LogP contribution >= 0.6 is 11.6 Å². The van der Waals surface area contributed by atoms with Crippen LogP contribution in [0.1, 0.15) is 11.1 Å². The van der Waals surface area contributed by atoms with Crippen LogP contribution in [-0.4, -0.2) is 16.3 Å². The zero-order chi connectivity index (χ0) is 16.9. The molecule has 0 aliphatic rings. The van der Waals surface area contributed by atoms with Crippen LogP contribution in [0.25, 0.3) is 5.69 Å². The van der Waals surface area contributed by atoms with Crippen LogP contribution in [0.4, 0.5) is 5.69 Å². The van der Waals surface area contributed by atoms with Gasteiger partial charge in [0.2, 0.25) is 0 Å². The third kappa shape index (κ3) is 3.49. The number of aromatic nitrogens is 2. The Morgan fingerprint density at radius 3 is 2.54 bits per heavy atom. The lowest BCUT2D eigenvalue weighted by Gasteiger charge is -2.11. The highest BCUT2D eigenvalue weighted by Crippen LogP contribution is 2.17. The maximum atomic E-state index is 12.4. The van der Waals surface area contributed by atoms with Gasteiger partial charge < -0.3 is 5.32 Å². The van der Waals surface area contributed by atoms with Gasteiger partial charge in [0, 0.05) is 6.54 Å². The van der Waals surface area contributed by atoms with Crippen molar-refractivity contribution in [2.75, 3.05) is 11.9 Å². The molecule has 0 amide bonds. The molecule has 1 aromatic heterocycles. The first-order chi connectivity index (χ1) is 11.7. The fourth-order valence-corrected chi connectivity index (χ4v) is 2.73. The molecule has 2 aromatic carbocycles. The molecule has 0 atom stereocenters. The van der Waals surface area contributed by atoms with Crippen LogP contribution in [0.3, 0.4) is 0 Å². The normalized spacial score (nSPS) is 10.6. The summed E-state index contributed by atoms with van der Waals surface area (Å²) in [6.45, 7) is 2.77.